The van der Waals surface area contributed by atoms with Gasteiger partial charge in [-0.25, -0.2) is 0 Å². The molecule has 3 rings (SSSR count). The van der Waals surface area contributed by atoms with E-state index in [1.54, 1.807) is 24.3 Å². The van der Waals surface area contributed by atoms with E-state index in [1.807, 2.05) is 0 Å². The molecule has 25 heavy (non-hydrogen) atoms. The Labute approximate surface area is 148 Å². The highest BCUT2D eigenvalue weighted by molar-refractivity contribution is 7.16. The van der Waals surface area contributed by atoms with Gasteiger partial charge in [0.15, 0.2) is 0 Å². The van der Waals surface area contributed by atoms with Gasteiger partial charge in [0.25, 0.3) is 5.91 Å². The molecule has 0 fully saturated rings. The van der Waals surface area contributed by atoms with Crippen molar-refractivity contribution in [2.45, 2.75) is 26.2 Å². The fourth-order valence-electron chi connectivity index (χ4n) is 2.74. The first-order valence-corrected chi connectivity index (χ1v) is 8.55. The van der Waals surface area contributed by atoms with Crippen LogP contribution in [0, 0.1) is 11.3 Å². The lowest BCUT2D eigenvalue weighted by Crippen LogP contribution is -2.13. The van der Waals surface area contributed by atoms with E-state index in [4.69, 9.17) is 0 Å². The molecule has 2 amide bonds. The minimum Gasteiger partial charge on any atom is -0.326 e. The monoisotopic (exact) mass is 353 g/mol. The molecule has 0 unspecified atom stereocenters. The van der Waals surface area contributed by atoms with E-state index in [1.165, 1.54) is 18.3 Å². The summed E-state index contributed by atoms with van der Waals surface area (Å²) in [6, 6.07) is 8.62. The molecule has 2 aromatic rings. The molecule has 126 valence electrons. The quantitative estimate of drug-likeness (QED) is 0.886. The summed E-state index contributed by atoms with van der Waals surface area (Å²) in [5.74, 6) is -0.366. The zero-order valence-corrected chi connectivity index (χ0v) is 14.3. The molecule has 1 aromatic carbocycles. The maximum Gasteiger partial charge on any atom is 0.256 e. The van der Waals surface area contributed by atoms with Crippen LogP contribution in [0.3, 0.4) is 0 Å². The molecule has 0 aliphatic heterocycles. The molecule has 0 spiro atoms. The van der Waals surface area contributed by atoms with Crippen molar-refractivity contribution >= 4 is 39.6 Å². The zero-order valence-electron chi connectivity index (χ0n) is 13.5. The van der Waals surface area contributed by atoms with Crippen molar-refractivity contribution in [2.24, 2.45) is 0 Å². The summed E-state index contributed by atoms with van der Waals surface area (Å²) < 4.78 is 0. The van der Waals surface area contributed by atoms with Crippen LogP contribution in [0.2, 0.25) is 0 Å². The van der Waals surface area contributed by atoms with Gasteiger partial charge in [-0.1, -0.05) is 0 Å². The number of benzene rings is 1. The van der Waals surface area contributed by atoms with Crippen molar-refractivity contribution in [2.75, 3.05) is 10.6 Å². The van der Waals surface area contributed by atoms with E-state index in [2.05, 4.69) is 16.7 Å². The van der Waals surface area contributed by atoms with Gasteiger partial charge in [0.1, 0.15) is 16.9 Å². The minimum absolute atomic E-state index is 0.157. The average Bonchev–Trinajstić information content (AvgIpc) is 2.90. The summed E-state index contributed by atoms with van der Waals surface area (Å²) in [7, 11) is 0. The lowest BCUT2D eigenvalue weighted by molar-refractivity contribution is -0.118. The average molecular weight is 353 g/mol. The number of ketones is 1. The van der Waals surface area contributed by atoms with E-state index in [0.29, 0.717) is 41.1 Å². The lowest BCUT2D eigenvalue weighted by Gasteiger charge is -2.09. The molecule has 0 saturated carbocycles. The van der Waals surface area contributed by atoms with E-state index in [9.17, 15) is 19.6 Å². The third kappa shape index (κ3) is 3.59. The van der Waals surface area contributed by atoms with Crippen LogP contribution in [0.4, 0.5) is 10.7 Å². The summed E-state index contributed by atoms with van der Waals surface area (Å²) in [4.78, 5) is 35.9. The van der Waals surface area contributed by atoms with E-state index in [-0.39, 0.29) is 17.6 Å². The van der Waals surface area contributed by atoms with Crippen LogP contribution >= 0.6 is 11.3 Å². The molecule has 1 aromatic heterocycles. The van der Waals surface area contributed by atoms with Gasteiger partial charge in [-0.2, -0.15) is 5.26 Å². The van der Waals surface area contributed by atoms with E-state index < -0.39 is 0 Å². The number of carbonyl (C=O) groups excluding carboxylic acids is 3. The third-order valence-electron chi connectivity index (χ3n) is 3.91. The van der Waals surface area contributed by atoms with Crippen molar-refractivity contribution in [3.63, 3.8) is 0 Å². The smallest absolute Gasteiger partial charge is 0.256 e. The molecule has 2 N–H and O–H groups in total. The van der Waals surface area contributed by atoms with Gasteiger partial charge >= 0.3 is 0 Å². The summed E-state index contributed by atoms with van der Waals surface area (Å²) in [5.41, 5.74) is 2.35. The molecule has 1 heterocycles. The van der Waals surface area contributed by atoms with Crippen LogP contribution in [0.15, 0.2) is 24.3 Å². The Balaban J connectivity index is 1.80. The second kappa shape index (κ2) is 6.87. The van der Waals surface area contributed by atoms with Crippen LogP contribution in [-0.2, 0) is 22.4 Å². The van der Waals surface area contributed by atoms with E-state index >= 15 is 0 Å². The van der Waals surface area contributed by atoms with Crippen molar-refractivity contribution in [3.05, 3.63) is 45.8 Å². The highest BCUT2D eigenvalue weighted by Crippen LogP contribution is 2.37. The molecule has 7 heteroatoms. The van der Waals surface area contributed by atoms with Crippen molar-refractivity contribution in [1.82, 2.24) is 0 Å². The number of nitriles is 1. The number of thiophene rings is 1. The lowest BCUT2D eigenvalue weighted by atomic mass is 9.95. The van der Waals surface area contributed by atoms with Gasteiger partial charge in [0.05, 0.1) is 5.56 Å². The second-order valence-corrected chi connectivity index (χ2v) is 6.85. The number of nitrogens with one attached hydrogen (secondary N) is 2. The number of hydrogen-bond donors (Lipinski definition) is 2. The van der Waals surface area contributed by atoms with Crippen LogP contribution in [0.5, 0.6) is 0 Å². The molecular weight excluding hydrogens is 338 g/mol. The normalized spacial score (nSPS) is 12.9. The van der Waals surface area contributed by atoms with Gasteiger partial charge in [0, 0.05) is 35.9 Å². The molecule has 6 nitrogen and oxygen atoms in total. The number of amides is 2. The Hall–Kier alpha value is -2.98. The van der Waals surface area contributed by atoms with Gasteiger partial charge < -0.3 is 10.6 Å². The predicted octanol–water partition coefficient (Wildman–Crippen LogP) is 2.89. The summed E-state index contributed by atoms with van der Waals surface area (Å²) in [5, 5.41) is 15.3. The maximum atomic E-state index is 12.4. The fourth-order valence-corrected chi connectivity index (χ4v) is 3.96. The predicted molar refractivity (Wildman–Crippen MR) is 94.8 cm³/mol. The number of hydrogen-bond acceptors (Lipinski definition) is 5. The SMILES string of the molecule is CC(=O)Nc1ccc(C(=O)Nc2sc3c(c2C#N)CCC(=O)C3)cc1. The molecule has 1 aliphatic carbocycles. The fraction of sp³-hybridized carbons (Fsp3) is 0.222. The van der Waals surface area contributed by atoms with Crippen molar-refractivity contribution in [3.8, 4) is 6.07 Å². The van der Waals surface area contributed by atoms with Gasteiger partial charge in [0.2, 0.25) is 5.91 Å². The molecule has 0 bridgehead atoms. The van der Waals surface area contributed by atoms with Crippen LogP contribution in [-0.4, -0.2) is 17.6 Å². The largest absolute Gasteiger partial charge is 0.326 e. The number of fused-ring (bicyclic) bond motifs is 1. The third-order valence-corrected chi connectivity index (χ3v) is 5.06. The Morgan fingerprint density at radius 3 is 2.52 bits per heavy atom. The van der Waals surface area contributed by atoms with Crippen LogP contribution < -0.4 is 10.6 Å². The minimum atomic E-state index is -0.337. The summed E-state index contributed by atoms with van der Waals surface area (Å²) in [6.07, 6.45) is 1.32. The van der Waals surface area contributed by atoms with Gasteiger partial charge in [-0.3, -0.25) is 14.4 Å². The van der Waals surface area contributed by atoms with Crippen LogP contribution in [0.1, 0.15) is 39.7 Å². The Morgan fingerprint density at radius 2 is 1.88 bits per heavy atom. The van der Waals surface area contributed by atoms with Crippen LogP contribution in [0.25, 0.3) is 0 Å². The van der Waals surface area contributed by atoms with Gasteiger partial charge in [-0.15, -0.1) is 11.3 Å². The number of Topliss-reactive ketones (excluding diaryl/α,β-unsaturated/α-hetero) is 1. The number of carbonyl (C=O) groups is 3. The number of nitrogens with zero attached hydrogens (tertiary/aromatic N) is 1. The first-order chi connectivity index (χ1) is 12.0. The number of anilines is 2. The standard InChI is InChI=1S/C18H15N3O3S/c1-10(22)20-12-4-2-11(3-5-12)17(24)21-18-15(9-19)14-7-6-13(23)8-16(14)25-18/h2-5H,6-8H2,1H3,(H,20,22)(H,21,24). The highest BCUT2D eigenvalue weighted by Gasteiger charge is 2.25. The van der Waals surface area contributed by atoms with Gasteiger partial charge in [-0.05, 0) is 36.2 Å². The first kappa shape index (κ1) is 16.9. The molecule has 0 saturated heterocycles. The molecular formula is C18H15N3O3S. The van der Waals surface area contributed by atoms with E-state index in [0.717, 1.165) is 10.4 Å². The van der Waals surface area contributed by atoms with Crippen molar-refractivity contribution < 1.29 is 14.4 Å². The highest BCUT2D eigenvalue weighted by atomic mass is 32.1. The Morgan fingerprint density at radius 1 is 1.16 bits per heavy atom. The molecule has 1 aliphatic rings. The first-order valence-electron chi connectivity index (χ1n) is 7.73. The zero-order chi connectivity index (χ0) is 18.0. The Bertz CT molecular complexity index is 907. The summed E-state index contributed by atoms with van der Waals surface area (Å²) >= 11 is 1.29. The number of rotatable bonds is 3. The second-order valence-electron chi connectivity index (χ2n) is 5.75. The molecule has 0 atom stereocenters. The Kier molecular flexibility index (Phi) is 4.63. The topological polar surface area (TPSA) is 99.1 Å². The maximum absolute atomic E-state index is 12.4. The molecule has 0 radical (unpaired) electrons. The van der Waals surface area contributed by atoms with Crippen molar-refractivity contribution in [1.29, 1.82) is 5.26 Å². The summed E-state index contributed by atoms with van der Waals surface area (Å²) in [6.45, 7) is 1.41.